The molecule has 11 nitrogen and oxygen atoms in total. The number of benzene rings is 1. The molecule has 2 aliphatic rings. The molecule has 12 heteroatoms. The second kappa shape index (κ2) is 12.5. The first kappa shape index (κ1) is 30.0. The topological polar surface area (TPSA) is 138 Å². The maximum Gasteiger partial charge on any atom is 0.248 e. The highest BCUT2D eigenvalue weighted by atomic mass is 32.2. The van der Waals surface area contributed by atoms with Gasteiger partial charge in [0.25, 0.3) is 0 Å². The van der Waals surface area contributed by atoms with Crippen LogP contribution in [0.5, 0.6) is 11.5 Å². The van der Waals surface area contributed by atoms with Crippen LogP contribution in [0.4, 0.5) is 5.69 Å². The van der Waals surface area contributed by atoms with E-state index < -0.39 is 27.7 Å². The summed E-state index contributed by atoms with van der Waals surface area (Å²) in [7, 11) is -1.88. The normalized spacial score (nSPS) is 20.9. The minimum absolute atomic E-state index is 0.139. The van der Waals surface area contributed by atoms with E-state index in [9.17, 15) is 23.1 Å². The highest BCUT2D eigenvalue weighted by molar-refractivity contribution is 7.92. The third kappa shape index (κ3) is 6.89. The van der Waals surface area contributed by atoms with E-state index in [4.69, 9.17) is 9.47 Å². The number of piperazine rings is 1. The number of carbonyl (C=O) groups is 2. The minimum atomic E-state index is -3.38. The van der Waals surface area contributed by atoms with Crippen LogP contribution in [0.15, 0.2) is 18.2 Å². The lowest BCUT2D eigenvalue weighted by Crippen LogP contribution is -2.74. The molecule has 1 aromatic carbocycles. The van der Waals surface area contributed by atoms with Gasteiger partial charge in [0.1, 0.15) is 11.6 Å². The van der Waals surface area contributed by atoms with Crippen molar-refractivity contribution in [2.75, 3.05) is 50.9 Å². The zero-order valence-electron chi connectivity index (χ0n) is 23.0. The number of likely N-dealkylation sites (tertiary alicyclic amines) is 1. The standard InChI is InChI=1S/C26H42N4O7S/c1-6-30-24(32)22(23(31)18(2)3)27-25(33)26(30)11-14-29(15-12-26)13-7-8-16-37-20-10-9-19(17-21(20)36-4)28-38(5,34)35/h9-10,17-18,22-23,28,31H,6-8,11-16H2,1-5H3,(H,27,33)/t22-,23-/m1/s1. The summed E-state index contributed by atoms with van der Waals surface area (Å²) in [5.41, 5.74) is -0.450. The Balaban J connectivity index is 1.47. The third-order valence-electron chi connectivity index (χ3n) is 7.38. The maximum atomic E-state index is 13.2. The molecule has 38 heavy (non-hydrogen) atoms. The fourth-order valence-corrected chi connectivity index (χ4v) is 5.80. The Morgan fingerprint density at radius 1 is 1.18 bits per heavy atom. The van der Waals surface area contributed by atoms with Crippen LogP contribution in [0, 0.1) is 5.92 Å². The van der Waals surface area contributed by atoms with Crippen molar-refractivity contribution in [1.82, 2.24) is 15.1 Å². The quantitative estimate of drug-likeness (QED) is 0.330. The van der Waals surface area contributed by atoms with Crippen molar-refractivity contribution in [3.8, 4) is 11.5 Å². The summed E-state index contributed by atoms with van der Waals surface area (Å²) in [6.45, 7) is 8.72. The Hall–Kier alpha value is -2.57. The van der Waals surface area contributed by atoms with E-state index in [2.05, 4.69) is 14.9 Å². The maximum absolute atomic E-state index is 13.2. The number of sulfonamides is 1. The van der Waals surface area contributed by atoms with Gasteiger partial charge in [-0.1, -0.05) is 13.8 Å². The lowest BCUT2D eigenvalue weighted by molar-refractivity contribution is -0.164. The molecule has 2 atom stereocenters. The van der Waals surface area contributed by atoms with Crippen molar-refractivity contribution in [1.29, 1.82) is 0 Å². The fourth-order valence-electron chi connectivity index (χ4n) is 5.24. The number of unbranched alkanes of at least 4 members (excludes halogenated alkanes) is 1. The SMILES string of the molecule is CCN1C(=O)[C@@H]([C@H](O)C(C)C)NC(=O)C12CCN(CCCCOc1ccc(NS(C)(=O)=O)cc1OC)CC2. The minimum Gasteiger partial charge on any atom is -0.493 e. The number of anilines is 1. The number of carbonyl (C=O) groups excluding carboxylic acids is 2. The molecule has 1 spiro atoms. The van der Waals surface area contributed by atoms with Crippen molar-refractivity contribution in [2.45, 2.75) is 64.1 Å². The average molecular weight is 555 g/mol. The zero-order valence-corrected chi connectivity index (χ0v) is 23.8. The molecule has 1 aromatic rings. The summed E-state index contributed by atoms with van der Waals surface area (Å²) >= 11 is 0. The predicted octanol–water partition coefficient (Wildman–Crippen LogP) is 1.42. The van der Waals surface area contributed by atoms with Crippen LogP contribution in [0.2, 0.25) is 0 Å². The molecular weight excluding hydrogens is 512 g/mol. The first-order valence-corrected chi connectivity index (χ1v) is 15.1. The number of ether oxygens (including phenoxy) is 2. The second-order valence-electron chi connectivity index (χ2n) is 10.4. The Labute approximate surface area is 225 Å². The highest BCUT2D eigenvalue weighted by Gasteiger charge is 2.54. The molecular formula is C26H42N4O7S. The van der Waals surface area contributed by atoms with Crippen LogP contribution in [0.3, 0.4) is 0 Å². The zero-order chi connectivity index (χ0) is 28.1. The predicted molar refractivity (Wildman–Crippen MR) is 145 cm³/mol. The first-order valence-electron chi connectivity index (χ1n) is 13.2. The van der Waals surface area contributed by atoms with Crippen molar-refractivity contribution in [2.24, 2.45) is 5.92 Å². The van der Waals surface area contributed by atoms with E-state index in [-0.39, 0.29) is 17.7 Å². The van der Waals surface area contributed by atoms with E-state index in [0.29, 0.717) is 56.3 Å². The number of likely N-dealkylation sites (N-methyl/N-ethyl adjacent to an activating group) is 1. The summed E-state index contributed by atoms with van der Waals surface area (Å²) in [4.78, 5) is 30.4. The highest BCUT2D eigenvalue weighted by Crippen LogP contribution is 2.34. The number of rotatable bonds is 12. The van der Waals surface area contributed by atoms with E-state index in [1.807, 2.05) is 20.8 Å². The number of hydrogen-bond acceptors (Lipinski definition) is 8. The van der Waals surface area contributed by atoms with Gasteiger partial charge >= 0.3 is 0 Å². The largest absolute Gasteiger partial charge is 0.493 e. The molecule has 0 aliphatic carbocycles. The monoisotopic (exact) mass is 554 g/mol. The van der Waals surface area contributed by atoms with Crippen LogP contribution in [0.25, 0.3) is 0 Å². The number of methoxy groups -OCH3 is 1. The molecule has 2 heterocycles. The number of hydrogen-bond donors (Lipinski definition) is 3. The van der Waals surface area contributed by atoms with Gasteiger partial charge in [-0.25, -0.2) is 8.42 Å². The molecule has 3 N–H and O–H groups in total. The Bertz CT molecular complexity index is 1090. The Morgan fingerprint density at radius 2 is 1.87 bits per heavy atom. The van der Waals surface area contributed by atoms with Crippen molar-refractivity contribution < 1.29 is 32.6 Å². The summed E-state index contributed by atoms with van der Waals surface area (Å²) in [6.07, 6.45) is 3.00. The van der Waals surface area contributed by atoms with Crippen molar-refractivity contribution >= 4 is 27.5 Å². The molecule has 0 unspecified atom stereocenters. The summed E-state index contributed by atoms with van der Waals surface area (Å²) in [5.74, 6) is 0.488. The summed E-state index contributed by atoms with van der Waals surface area (Å²) in [5, 5.41) is 13.3. The number of aliphatic hydroxyl groups excluding tert-OH is 1. The van der Waals surface area contributed by atoms with Crippen LogP contribution < -0.4 is 19.5 Å². The van der Waals surface area contributed by atoms with Gasteiger partial charge in [-0.2, -0.15) is 0 Å². The van der Waals surface area contributed by atoms with Gasteiger partial charge in [0.15, 0.2) is 11.5 Å². The van der Waals surface area contributed by atoms with Gasteiger partial charge in [-0.15, -0.1) is 0 Å². The summed E-state index contributed by atoms with van der Waals surface area (Å²) < 4.78 is 36.5. The summed E-state index contributed by atoms with van der Waals surface area (Å²) in [6, 6.07) is 3.99. The first-order chi connectivity index (χ1) is 17.9. The molecule has 214 valence electrons. The smallest absolute Gasteiger partial charge is 0.248 e. The Kier molecular flexibility index (Phi) is 9.88. The van der Waals surface area contributed by atoms with Gasteiger partial charge in [-0.05, 0) is 57.2 Å². The van der Waals surface area contributed by atoms with Crippen LogP contribution in [0.1, 0.15) is 46.5 Å². The number of amides is 2. The van der Waals surface area contributed by atoms with Gasteiger partial charge in [0.05, 0.1) is 31.8 Å². The van der Waals surface area contributed by atoms with E-state index in [1.54, 1.807) is 23.1 Å². The second-order valence-corrected chi connectivity index (χ2v) is 12.2. The van der Waals surface area contributed by atoms with Gasteiger partial charge in [-0.3, -0.25) is 14.3 Å². The number of aliphatic hydroxyl groups is 1. The van der Waals surface area contributed by atoms with E-state index >= 15 is 0 Å². The van der Waals surface area contributed by atoms with Gasteiger partial charge in [0, 0.05) is 25.7 Å². The average Bonchev–Trinajstić information content (AvgIpc) is 2.86. The molecule has 0 bridgehead atoms. The number of nitrogens with one attached hydrogen (secondary N) is 2. The molecule has 2 saturated heterocycles. The van der Waals surface area contributed by atoms with Crippen molar-refractivity contribution in [3.05, 3.63) is 18.2 Å². The van der Waals surface area contributed by atoms with Crippen LogP contribution in [-0.4, -0.2) is 99.0 Å². The third-order valence-corrected chi connectivity index (χ3v) is 7.98. The molecule has 0 saturated carbocycles. The molecule has 2 fully saturated rings. The van der Waals surface area contributed by atoms with Crippen LogP contribution >= 0.6 is 0 Å². The molecule has 0 radical (unpaired) electrons. The molecule has 0 aromatic heterocycles. The number of piperidine rings is 1. The lowest BCUT2D eigenvalue weighted by Gasteiger charge is -2.52. The molecule has 2 amide bonds. The van der Waals surface area contributed by atoms with E-state index in [0.717, 1.165) is 25.6 Å². The fraction of sp³-hybridized carbons (Fsp3) is 0.692. The molecule has 3 rings (SSSR count). The number of nitrogens with zero attached hydrogens (tertiary/aromatic N) is 2. The van der Waals surface area contributed by atoms with Crippen molar-refractivity contribution in [3.63, 3.8) is 0 Å². The lowest BCUT2D eigenvalue weighted by atomic mass is 9.80. The van der Waals surface area contributed by atoms with Gasteiger partial charge in [0.2, 0.25) is 21.8 Å². The van der Waals surface area contributed by atoms with Crippen LogP contribution in [-0.2, 0) is 19.6 Å². The Morgan fingerprint density at radius 3 is 2.45 bits per heavy atom. The molecule has 2 aliphatic heterocycles. The van der Waals surface area contributed by atoms with E-state index in [1.165, 1.54) is 7.11 Å². The van der Waals surface area contributed by atoms with Gasteiger partial charge < -0.3 is 29.7 Å².